The second-order valence-electron chi connectivity index (χ2n) is 4.22. The van der Waals surface area contributed by atoms with Crippen molar-refractivity contribution in [2.24, 2.45) is 0 Å². The Morgan fingerprint density at radius 3 is 2.95 bits per heavy atom. The van der Waals surface area contributed by atoms with Gasteiger partial charge in [-0.15, -0.1) is 0 Å². The number of hydrogen-bond acceptors (Lipinski definition) is 4. The van der Waals surface area contributed by atoms with Crippen molar-refractivity contribution in [3.63, 3.8) is 0 Å². The van der Waals surface area contributed by atoms with Gasteiger partial charge in [-0.1, -0.05) is 12.1 Å². The molecule has 0 saturated carbocycles. The van der Waals surface area contributed by atoms with Crippen LogP contribution in [0.5, 0.6) is 11.5 Å². The van der Waals surface area contributed by atoms with Gasteiger partial charge in [0.15, 0.2) is 11.5 Å². The van der Waals surface area contributed by atoms with E-state index in [2.05, 4.69) is 5.32 Å². The first-order valence-corrected chi connectivity index (χ1v) is 6.96. The molecule has 0 bridgehead atoms. The lowest BCUT2D eigenvalue weighted by Gasteiger charge is -2.26. The summed E-state index contributed by atoms with van der Waals surface area (Å²) in [6.45, 7) is 0.879. The predicted octanol–water partition coefficient (Wildman–Crippen LogP) is 2.32. The Bertz CT molecular complexity index is 568. The van der Waals surface area contributed by atoms with Crippen LogP contribution in [-0.2, 0) is 0 Å². The summed E-state index contributed by atoms with van der Waals surface area (Å²) in [7, 11) is 0. The molecule has 0 fully saturated rings. The molecular formula is C14H13NO3S. The topological polar surface area (TPSA) is 47.6 Å². The second-order valence-corrected chi connectivity index (χ2v) is 5.00. The number of rotatable bonds is 3. The highest BCUT2D eigenvalue weighted by atomic mass is 32.1. The van der Waals surface area contributed by atoms with Crippen molar-refractivity contribution >= 4 is 17.2 Å². The number of thiophene rings is 1. The van der Waals surface area contributed by atoms with Gasteiger partial charge < -0.3 is 14.8 Å². The van der Waals surface area contributed by atoms with Crippen LogP contribution in [0.15, 0.2) is 41.1 Å². The van der Waals surface area contributed by atoms with E-state index >= 15 is 0 Å². The van der Waals surface area contributed by atoms with E-state index in [9.17, 15) is 4.79 Å². The number of para-hydroxylation sites is 2. The lowest BCUT2D eigenvalue weighted by Crippen LogP contribution is -2.40. The van der Waals surface area contributed by atoms with Gasteiger partial charge in [-0.05, 0) is 23.6 Å². The monoisotopic (exact) mass is 275 g/mol. The maximum absolute atomic E-state index is 11.8. The first kappa shape index (κ1) is 12.0. The van der Waals surface area contributed by atoms with Crippen LogP contribution in [0.2, 0.25) is 0 Å². The molecule has 19 heavy (non-hydrogen) atoms. The molecule has 98 valence electrons. The van der Waals surface area contributed by atoms with E-state index in [1.807, 2.05) is 35.0 Å². The van der Waals surface area contributed by atoms with Crippen molar-refractivity contribution in [2.45, 2.75) is 6.10 Å². The quantitative estimate of drug-likeness (QED) is 0.935. The SMILES string of the molecule is O=C(NC[C@@H]1COc2ccccc2O1)c1ccsc1. The van der Waals surface area contributed by atoms with Crippen LogP contribution in [0.4, 0.5) is 0 Å². The fourth-order valence-corrected chi connectivity index (χ4v) is 2.50. The number of fused-ring (bicyclic) bond motifs is 1. The number of ether oxygens (including phenoxy) is 2. The molecule has 1 aliphatic heterocycles. The Labute approximate surface area is 115 Å². The first-order valence-electron chi connectivity index (χ1n) is 6.02. The zero-order valence-electron chi connectivity index (χ0n) is 10.2. The van der Waals surface area contributed by atoms with Crippen molar-refractivity contribution in [2.75, 3.05) is 13.2 Å². The summed E-state index contributed by atoms with van der Waals surface area (Å²) in [5.41, 5.74) is 0.683. The summed E-state index contributed by atoms with van der Waals surface area (Å²) in [5, 5.41) is 6.55. The van der Waals surface area contributed by atoms with E-state index in [4.69, 9.17) is 9.47 Å². The average Bonchev–Trinajstić information content (AvgIpc) is 2.99. The third-order valence-corrected chi connectivity index (χ3v) is 3.52. The summed E-state index contributed by atoms with van der Waals surface area (Å²) in [5.74, 6) is 1.40. The van der Waals surface area contributed by atoms with Crippen LogP contribution in [0.1, 0.15) is 10.4 Å². The zero-order chi connectivity index (χ0) is 13.1. The van der Waals surface area contributed by atoms with E-state index in [0.717, 1.165) is 11.5 Å². The lowest BCUT2D eigenvalue weighted by molar-refractivity contribution is 0.0789. The molecule has 4 nitrogen and oxygen atoms in total. The Morgan fingerprint density at radius 1 is 1.32 bits per heavy atom. The zero-order valence-corrected chi connectivity index (χ0v) is 11.0. The predicted molar refractivity (Wildman–Crippen MR) is 73.0 cm³/mol. The molecule has 5 heteroatoms. The molecule has 1 atom stereocenters. The van der Waals surface area contributed by atoms with Crippen LogP contribution in [-0.4, -0.2) is 25.2 Å². The molecule has 2 heterocycles. The molecule has 1 N–H and O–H groups in total. The fraction of sp³-hybridized carbons (Fsp3) is 0.214. The Kier molecular flexibility index (Phi) is 3.37. The van der Waals surface area contributed by atoms with Crippen LogP contribution in [0, 0.1) is 0 Å². The third-order valence-electron chi connectivity index (χ3n) is 2.84. The summed E-state index contributed by atoms with van der Waals surface area (Å²) >= 11 is 1.50. The van der Waals surface area contributed by atoms with Gasteiger partial charge in [0.1, 0.15) is 12.7 Å². The maximum Gasteiger partial charge on any atom is 0.252 e. The van der Waals surface area contributed by atoms with Gasteiger partial charge in [0.2, 0.25) is 0 Å². The van der Waals surface area contributed by atoms with Gasteiger partial charge in [0.25, 0.3) is 5.91 Å². The highest BCUT2D eigenvalue weighted by Crippen LogP contribution is 2.30. The highest BCUT2D eigenvalue weighted by Gasteiger charge is 2.21. The number of carbonyl (C=O) groups is 1. The third kappa shape index (κ3) is 2.71. The fourth-order valence-electron chi connectivity index (χ4n) is 1.87. The minimum atomic E-state index is -0.155. The van der Waals surface area contributed by atoms with Gasteiger partial charge in [0, 0.05) is 10.9 Å². The van der Waals surface area contributed by atoms with Gasteiger partial charge in [-0.3, -0.25) is 4.79 Å². The number of amides is 1. The van der Waals surface area contributed by atoms with Crippen molar-refractivity contribution in [3.05, 3.63) is 46.7 Å². The molecule has 1 aromatic heterocycles. The molecule has 1 aliphatic rings. The summed E-state index contributed by atoms with van der Waals surface area (Å²) < 4.78 is 11.3. The molecule has 1 amide bonds. The maximum atomic E-state index is 11.8. The van der Waals surface area contributed by atoms with Crippen molar-refractivity contribution in [3.8, 4) is 11.5 Å². The van der Waals surface area contributed by atoms with Crippen LogP contribution in [0.25, 0.3) is 0 Å². The first-order chi connectivity index (χ1) is 9.33. The number of benzene rings is 1. The van der Waals surface area contributed by atoms with E-state index < -0.39 is 0 Å². The van der Waals surface area contributed by atoms with E-state index in [1.54, 1.807) is 6.07 Å². The molecule has 0 spiro atoms. The molecule has 0 radical (unpaired) electrons. The van der Waals surface area contributed by atoms with E-state index in [-0.39, 0.29) is 12.0 Å². The van der Waals surface area contributed by atoms with Crippen LogP contribution < -0.4 is 14.8 Å². The van der Waals surface area contributed by atoms with Gasteiger partial charge in [-0.2, -0.15) is 11.3 Å². The molecular weight excluding hydrogens is 262 g/mol. The molecule has 1 aromatic carbocycles. The van der Waals surface area contributed by atoms with E-state index in [0.29, 0.717) is 18.7 Å². The molecule has 0 aliphatic carbocycles. The second kappa shape index (κ2) is 5.32. The lowest BCUT2D eigenvalue weighted by atomic mass is 10.2. The van der Waals surface area contributed by atoms with Gasteiger partial charge in [-0.25, -0.2) is 0 Å². The molecule has 2 aromatic rings. The summed E-state index contributed by atoms with van der Waals surface area (Å²) in [6, 6.07) is 9.33. The van der Waals surface area contributed by atoms with Crippen molar-refractivity contribution in [1.29, 1.82) is 0 Å². The van der Waals surface area contributed by atoms with Crippen molar-refractivity contribution < 1.29 is 14.3 Å². The molecule has 0 unspecified atom stereocenters. The van der Waals surface area contributed by atoms with Crippen LogP contribution in [0.3, 0.4) is 0 Å². The average molecular weight is 275 g/mol. The molecule has 3 rings (SSSR count). The number of hydrogen-bond donors (Lipinski definition) is 1. The van der Waals surface area contributed by atoms with Crippen molar-refractivity contribution in [1.82, 2.24) is 5.32 Å². The Balaban J connectivity index is 1.57. The minimum absolute atomic E-state index is 0.0799. The summed E-state index contributed by atoms with van der Waals surface area (Å²) in [4.78, 5) is 11.8. The number of nitrogens with one attached hydrogen (secondary N) is 1. The number of carbonyl (C=O) groups excluding carboxylic acids is 1. The molecule has 0 saturated heterocycles. The largest absolute Gasteiger partial charge is 0.486 e. The Hall–Kier alpha value is -2.01. The standard InChI is InChI=1S/C14H13NO3S/c16-14(10-5-6-19-9-10)15-7-11-8-17-12-3-1-2-4-13(12)18-11/h1-6,9,11H,7-8H2,(H,15,16)/t11-/m1/s1. The Morgan fingerprint density at radius 2 is 2.16 bits per heavy atom. The normalized spacial score (nSPS) is 16.9. The summed E-state index contributed by atoms with van der Waals surface area (Å²) in [6.07, 6.45) is -0.155. The smallest absolute Gasteiger partial charge is 0.252 e. The highest BCUT2D eigenvalue weighted by molar-refractivity contribution is 7.08. The van der Waals surface area contributed by atoms with Crippen LogP contribution >= 0.6 is 11.3 Å². The van der Waals surface area contributed by atoms with E-state index in [1.165, 1.54) is 11.3 Å². The van der Waals surface area contributed by atoms with Gasteiger partial charge >= 0.3 is 0 Å². The minimum Gasteiger partial charge on any atom is -0.486 e. The van der Waals surface area contributed by atoms with Gasteiger partial charge in [0.05, 0.1) is 6.54 Å².